The molecule has 1 atom stereocenters. The van der Waals surface area contributed by atoms with Crippen molar-refractivity contribution in [2.75, 3.05) is 19.7 Å². The van der Waals surface area contributed by atoms with Crippen molar-refractivity contribution in [1.29, 1.82) is 0 Å². The van der Waals surface area contributed by atoms with Crippen molar-refractivity contribution in [1.82, 2.24) is 19.5 Å². The predicted molar refractivity (Wildman–Crippen MR) is 107 cm³/mol. The number of aryl methyl sites for hydroxylation is 1. The molecule has 146 valence electrons. The van der Waals surface area contributed by atoms with Crippen LogP contribution >= 0.6 is 0 Å². The van der Waals surface area contributed by atoms with Gasteiger partial charge in [-0.25, -0.2) is 9.50 Å². The molecule has 1 fully saturated rings. The molecule has 6 nitrogen and oxygen atoms in total. The van der Waals surface area contributed by atoms with E-state index in [-0.39, 0.29) is 12.5 Å². The molecule has 2 aromatic heterocycles. The van der Waals surface area contributed by atoms with Crippen LogP contribution in [-0.2, 0) is 12.8 Å². The maximum absolute atomic E-state index is 13.1. The zero-order chi connectivity index (χ0) is 19.3. The fourth-order valence-electron chi connectivity index (χ4n) is 3.99. The zero-order valence-electron chi connectivity index (χ0n) is 16.0. The molecule has 3 aromatic rings. The van der Waals surface area contributed by atoms with E-state index in [0.29, 0.717) is 23.5 Å². The molecule has 0 aliphatic carbocycles. The number of hydrogen-bond acceptors (Lipinski definition) is 4. The van der Waals surface area contributed by atoms with Crippen LogP contribution in [-0.4, -0.2) is 50.2 Å². The fourth-order valence-corrected chi connectivity index (χ4v) is 3.99. The van der Waals surface area contributed by atoms with E-state index in [1.54, 1.807) is 16.9 Å². The van der Waals surface area contributed by atoms with Crippen LogP contribution in [0.2, 0.25) is 0 Å². The van der Waals surface area contributed by atoms with E-state index in [2.05, 4.69) is 34.3 Å². The fraction of sp³-hybridized carbons (Fsp3) is 0.409. The number of carbonyl (C=O) groups is 1. The summed E-state index contributed by atoms with van der Waals surface area (Å²) < 4.78 is 1.63. The second-order valence-electron chi connectivity index (χ2n) is 7.55. The number of nitrogens with zero attached hydrogens (tertiary/aromatic N) is 4. The number of benzene rings is 1. The van der Waals surface area contributed by atoms with E-state index in [1.165, 1.54) is 12.0 Å². The Morgan fingerprint density at radius 3 is 2.82 bits per heavy atom. The van der Waals surface area contributed by atoms with Gasteiger partial charge in [-0.15, -0.1) is 0 Å². The molecule has 1 aliphatic heterocycles. The zero-order valence-corrected chi connectivity index (χ0v) is 16.0. The van der Waals surface area contributed by atoms with Gasteiger partial charge in [0.1, 0.15) is 5.56 Å². The van der Waals surface area contributed by atoms with Gasteiger partial charge in [-0.2, -0.15) is 5.10 Å². The van der Waals surface area contributed by atoms with Crippen molar-refractivity contribution in [2.24, 2.45) is 5.92 Å². The topological polar surface area (TPSA) is 70.7 Å². The lowest BCUT2D eigenvalue weighted by Gasteiger charge is -2.32. The van der Waals surface area contributed by atoms with E-state index >= 15 is 0 Å². The second kappa shape index (κ2) is 8.52. The Morgan fingerprint density at radius 1 is 1.14 bits per heavy atom. The monoisotopic (exact) mass is 378 g/mol. The Labute approximate surface area is 164 Å². The molecule has 0 radical (unpaired) electrons. The van der Waals surface area contributed by atoms with Gasteiger partial charge in [0.15, 0.2) is 5.65 Å². The summed E-state index contributed by atoms with van der Waals surface area (Å²) in [6.07, 6.45) is 10.1. The van der Waals surface area contributed by atoms with Crippen LogP contribution < -0.4 is 0 Å². The quantitative estimate of drug-likeness (QED) is 0.716. The maximum atomic E-state index is 13.1. The molecule has 1 saturated heterocycles. The van der Waals surface area contributed by atoms with Crippen LogP contribution in [0.3, 0.4) is 0 Å². The molecule has 6 heteroatoms. The summed E-state index contributed by atoms with van der Waals surface area (Å²) in [5, 5.41) is 13.4. The first-order chi connectivity index (χ1) is 13.7. The van der Waals surface area contributed by atoms with Gasteiger partial charge in [-0.05, 0) is 49.1 Å². The van der Waals surface area contributed by atoms with Crippen LogP contribution in [0.25, 0.3) is 5.65 Å². The Hall–Kier alpha value is -2.73. The summed E-state index contributed by atoms with van der Waals surface area (Å²) in [6.45, 7) is 1.66. The lowest BCUT2D eigenvalue weighted by atomic mass is 9.91. The largest absolute Gasteiger partial charge is 0.396 e. The number of likely N-dealkylation sites (tertiary alicyclic amines) is 1. The highest BCUT2D eigenvalue weighted by molar-refractivity contribution is 5.99. The third-order valence-corrected chi connectivity index (χ3v) is 5.53. The average molecular weight is 378 g/mol. The number of hydrogen-bond donors (Lipinski definition) is 1. The summed E-state index contributed by atoms with van der Waals surface area (Å²) in [4.78, 5) is 19.5. The van der Waals surface area contributed by atoms with E-state index in [4.69, 9.17) is 5.11 Å². The lowest BCUT2D eigenvalue weighted by molar-refractivity contribution is 0.0670. The first-order valence-electron chi connectivity index (χ1n) is 10.0. The van der Waals surface area contributed by atoms with Crippen LogP contribution in [0.5, 0.6) is 0 Å². The molecule has 0 saturated carbocycles. The highest BCUT2D eigenvalue weighted by Crippen LogP contribution is 2.24. The van der Waals surface area contributed by atoms with Crippen LogP contribution in [0, 0.1) is 5.92 Å². The number of fused-ring (bicyclic) bond motifs is 1. The highest BCUT2D eigenvalue weighted by atomic mass is 16.3. The molecule has 3 heterocycles. The molecule has 0 unspecified atom stereocenters. The molecular weight excluding hydrogens is 352 g/mol. The van der Waals surface area contributed by atoms with Gasteiger partial charge in [-0.3, -0.25) is 4.79 Å². The van der Waals surface area contributed by atoms with Crippen molar-refractivity contribution in [3.8, 4) is 0 Å². The predicted octanol–water partition coefficient (Wildman–Crippen LogP) is 2.75. The first kappa shape index (κ1) is 18.6. The number of aromatic nitrogens is 3. The minimum Gasteiger partial charge on any atom is -0.396 e. The Morgan fingerprint density at radius 2 is 2.00 bits per heavy atom. The summed E-state index contributed by atoms with van der Waals surface area (Å²) in [6, 6.07) is 10.5. The molecule has 1 aliphatic rings. The van der Waals surface area contributed by atoms with Crippen molar-refractivity contribution in [3.63, 3.8) is 0 Å². The molecule has 1 aromatic carbocycles. The minimum absolute atomic E-state index is 0.0156. The van der Waals surface area contributed by atoms with E-state index in [1.807, 2.05) is 17.2 Å². The van der Waals surface area contributed by atoms with Crippen molar-refractivity contribution < 1.29 is 9.90 Å². The Balaban J connectivity index is 1.43. The Bertz CT molecular complexity index is 938. The van der Waals surface area contributed by atoms with Gasteiger partial charge in [0.25, 0.3) is 5.91 Å². The molecule has 4 rings (SSSR count). The second-order valence-corrected chi connectivity index (χ2v) is 7.55. The van der Waals surface area contributed by atoms with Crippen LogP contribution in [0.1, 0.15) is 40.7 Å². The standard InChI is InChI=1S/C22H26N4O2/c27-12-10-19-13-23-21-20(14-24-26(21)16-19)22(28)25-11-4-7-18(15-25)9-8-17-5-2-1-3-6-17/h1-3,5-6,13-14,16,18,27H,4,7-12,15H2/t18-/m0/s1. The number of rotatable bonds is 6. The van der Waals surface area contributed by atoms with Gasteiger partial charge in [0.2, 0.25) is 0 Å². The molecule has 1 amide bonds. The number of piperidine rings is 1. The van der Waals surface area contributed by atoms with E-state index < -0.39 is 0 Å². The minimum atomic E-state index is 0.0156. The van der Waals surface area contributed by atoms with Gasteiger partial charge in [0.05, 0.1) is 6.20 Å². The third-order valence-electron chi connectivity index (χ3n) is 5.53. The third kappa shape index (κ3) is 4.07. The number of aliphatic hydroxyl groups excluding tert-OH is 1. The first-order valence-corrected chi connectivity index (χ1v) is 10.0. The number of carbonyl (C=O) groups excluding carboxylic acids is 1. The van der Waals surface area contributed by atoms with Crippen molar-refractivity contribution >= 4 is 11.6 Å². The molecule has 0 bridgehead atoms. The SMILES string of the molecule is O=C(c1cnn2cc(CCO)cnc12)N1CCC[C@@H](CCc2ccccc2)C1. The molecule has 1 N–H and O–H groups in total. The lowest BCUT2D eigenvalue weighted by Crippen LogP contribution is -2.40. The average Bonchev–Trinajstić information content (AvgIpc) is 3.16. The van der Waals surface area contributed by atoms with Crippen LogP contribution in [0.4, 0.5) is 0 Å². The van der Waals surface area contributed by atoms with Crippen LogP contribution in [0.15, 0.2) is 48.9 Å². The normalized spacial score (nSPS) is 17.2. The van der Waals surface area contributed by atoms with Gasteiger partial charge in [-0.1, -0.05) is 30.3 Å². The van der Waals surface area contributed by atoms with E-state index in [9.17, 15) is 4.79 Å². The summed E-state index contributed by atoms with van der Waals surface area (Å²) in [7, 11) is 0. The number of aliphatic hydroxyl groups is 1. The summed E-state index contributed by atoms with van der Waals surface area (Å²) >= 11 is 0. The van der Waals surface area contributed by atoms with Gasteiger partial charge < -0.3 is 10.0 Å². The van der Waals surface area contributed by atoms with Gasteiger partial charge >= 0.3 is 0 Å². The maximum Gasteiger partial charge on any atom is 0.259 e. The summed E-state index contributed by atoms with van der Waals surface area (Å²) in [5.41, 5.74) is 3.39. The molecular formula is C22H26N4O2. The number of amides is 1. The van der Waals surface area contributed by atoms with Crippen molar-refractivity contribution in [3.05, 3.63) is 65.6 Å². The van der Waals surface area contributed by atoms with E-state index in [0.717, 1.165) is 37.9 Å². The van der Waals surface area contributed by atoms with Crippen molar-refractivity contribution in [2.45, 2.75) is 32.1 Å². The smallest absolute Gasteiger partial charge is 0.259 e. The Kier molecular flexibility index (Phi) is 5.67. The highest BCUT2D eigenvalue weighted by Gasteiger charge is 2.26. The summed E-state index contributed by atoms with van der Waals surface area (Å²) in [5.74, 6) is 0.547. The van der Waals surface area contributed by atoms with Gasteiger partial charge in [0, 0.05) is 32.1 Å². The molecule has 28 heavy (non-hydrogen) atoms. The molecule has 0 spiro atoms.